The lowest BCUT2D eigenvalue weighted by Gasteiger charge is -2.15. The lowest BCUT2D eigenvalue weighted by Crippen LogP contribution is -2.18. The molecule has 0 rings (SSSR count). The minimum Gasteiger partial charge on any atom is -0.393 e. The predicted molar refractivity (Wildman–Crippen MR) is 87.0 cm³/mol. The van der Waals surface area contributed by atoms with Gasteiger partial charge in [-0.3, -0.25) is 9.59 Å². The highest BCUT2D eigenvalue weighted by atomic mass is 16.6. The average molecular weight is 298 g/mol. The van der Waals surface area contributed by atoms with Crippen LogP contribution in [0.25, 0.3) is 0 Å². The van der Waals surface area contributed by atoms with Gasteiger partial charge in [0.25, 0.3) is 0 Å². The molecule has 0 fully saturated rings. The molecule has 0 aromatic heterocycles. The van der Waals surface area contributed by atoms with Gasteiger partial charge in [-0.2, -0.15) is 0 Å². The first-order chi connectivity index (χ1) is 9.85. The Bertz CT molecular complexity index is 289. The maximum absolute atomic E-state index is 11.5. The van der Waals surface area contributed by atoms with Crippen molar-refractivity contribution in [3.8, 4) is 0 Å². The molecule has 0 unspecified atom stereocenters. The molecule has 3 nitrogen and oxygen atoms in total. The third kappa shape index (κ3) is 15.3. The van der Waals surface area contributed by atoms with Gasteiger partial charge in [0, 0.05) is 6.42 Å². The van der Waals surface area contributed by atoms with Gasteiger partial charge in [0.05, 0.1) is 6.42 Å². The van der Waals surface area contributed by atoms with E-state index >= 15 is 0 Å². The maximum Gasteiger partial charge on any atom is 0.313 e. The average Bonchev–Trinajstić information content (AvgIpc) is 2.34. The summed E-state index contributed by atoms with van der Waals surface area (Å²) in [5, 5.41) is 0. The molecular formula is C18H34O3. The van der Waals surface area contributed by atoms with Crippen molar-refractivity contribution < 1.29 is 14.3 Å². The topological polar surface area (TPSA) is 43.4 Å². The lowest BCUT2D eigenvalue weighted by molar-refractivity contribution is -0.160. The molecule has 0 bridgehead atoms. The van der Waals surface area contributed by atoms with Crippen LogP contribution in [0.15, 0.2) is 0 Å². The number of carbonyl (C=O) groups is 2. The first-order valence-electron chi connectivity index (χ1n) is 8.58. The molecule has 0 N–H and O–H groups in total. The lowest BCUT2D eigenvalue weighted by atomic mass is 9.92. The Kier molecular flexibility index (Phi) is 11.3. The van der Waals surface area contributed by atoms with Crippen LogP contribution in [-0.2, 0) is 14.3 Å². The summed E-state index contributed by atoms with van der Waals surface area (Å²) < 4.78 is 4.82. The number of carbonyl (C=O) groups excluding carboxylic acids is 2. The molecule has 0 aromatic rings. The van der Waals surface area contributed by atoms with Crippen molar-refractivity contribution in [2.24, 2.45) is 5.41 Å². The molecule has 0 radical (unpaired) electrons. The summed E-state index contributed by atoms with van der Waals surface area (Å²) in [6.45, 7) is 8.10. The van der Waals surface area contributed by atoms with E-state index in [1.807, 2.05) is 20.8 Å². The number of unbranched alkanes of at least 4 members (excludes halogenated alkanes) is 8. The van der Waals surface area contributed by atoms with Gasteiger partial charge < -0.3 is 4.74 Å². The predicted octanol–water partition coefficient (Wildman–Crippen LogP) is 5.41. The number of esters is 2. The molecule has 0 saturated heterocycles. The van der Waals surface area contributed by atoms with Crippen molar-refractivity contribution in [2.75, 3.05) is 0 Å². The van der Waals surface area contributed by atoms with Crippen LogP contribution >= 0.6 is 0 Å². The molecule has 0 amide bonds. The van der Waals surface area contributed by atoms with E-state index in [0.29, 0.717) is 6.42 Å². The zero-order chi connectivity index (χ0) is 16.1. The van der Waals surface area contributed by atoms with Crippen molar-refractivity contribution in [1.29, 1.82) is 0 Å². The highest BCUT2D eigenvalue weighted by molar-refractivity contribution is 5.85. The molecule has 0 aliphatic heterocycles. The highest BCUT2D eigenvalue weighted by Gasteiger charge is 2.19. The molecule has 0 spiro atoms. The third-order valence-electron chi connectivity index (χ3n) is 3.39. The van der Waals surface area contributed by atoms with Crippen LogP contribution in [0.4, 0.5) is 0 Å². The Labute approximate surface area is 130 Å². The van der Waals surface area contributed by atoms with Crippen molar-refractivity contribution >= 4 is 11.9 Å². The van der Waals surface area contributed by atoms with Crippen LogP contribution in [0, 0.1) is 5.41 Å². The van der Waals surface area contributed by atoms with Crippen molar-refractivity contribution in [3.63, 3.8) is 0 Å². The molecular weight excluding hydrogens is 264 g/mol. The normalized spacial score (nSPS) is 11.4. The van der Waals surface area contributed by atoms with Gasteiger partial charge in [-0.1, -0.05) is 79.1 Å². The number of hydrogen-bond donors (Lipinski definition) is 0. The quantitative estimate of drug-likeness (QED) is 0.291. The second kappa shape index (κ2) is 11.8. The molecule has 0 heterocycles. The summed E-state index contributed by atoms with van der Waals surface area (Å²) in [7, 11) is 0. The van der Waals surface area contributed by atoms with Crippen LogP contribution in [0.1, 0.15) is 98.3 Å². The fourth-order valence-electron chi connectivity index (χ4n) is 2.23. The third-order valence-corrected chi connectivity index (χ3v) is 3.39. The van der Waals surface area contributed by atoms with E-state index < -0.39 is 5.97 Å². The van der Waals surface area contributed by atoms with E-state index in [4.69, 9.17) is 4.74 Å². The second-order valence-corrected chi connectivity index (χ2v) is 7.16. The van der Waals surface area contributed by atoms with Crippen LogP contribution < -0.4 is 0 Å². The smallest absolute Gasteiger partial charge is 0.313 e. The van der Waals surface area contributed by atoms with Crippen molar-refractivity contribution in [2.45, 2.75) is 98.3 Å². The second-order valence-electron chi connectivity index (χ2n) is 7.16. The standard InChI is InChI=1S/C18H34O3/c1-5-6-7-8-9-10-11-12-13-14-16(19)21-17(20)15-18(2,3)4/h5-15H2,1-4H3. The molecule has 0 saturated carbocycles. The van der Waals surface area contributed by atoms with Crippen LogP contribution in [0.3, 0.4) is 0 Å². The molecule has 21 heavy (non-hydrogen) atoms. The first kappa shape index (κ1) is 20.1. The summed E-state index contributed by atoms with van der Waals surface area (Å²) in [6.07, 6.45) is 11.6. The SMILES string of the molecule is CCCCCCCCCCCC(=O)OC(=O)CC(C)(C)C. The fourth-order valence-corrected chi connectivity index (χ4v) is 2.23. The summed E-state index contributed by atoms with van der Waals surface area (Å²) in [4.78, 5) is 23.0. The van der Waals surface area contributed by atoms with Crippen LogP contribution in [0.5, 0.6) is 0 Å². The Morgan fingerprint density at radius 3 is 1.71 bits per heavy atom. The molecule has 0 aliphatic carbocycles. The molecule has 0 atom stereocenters. The Morgan fingerprint density at radius 1 is 0.762 bits per heavy atom. The molecule has 124 valence electrons. The van der Waals surface area contributed by atoms with Gasteiger partial charge in [0.15, 0.2) is 0 Å². The maximum atomic E-state index is 11.5. The summed E-state index contributed by atoms with van der Waals surface area (Å²) in [6, 6.07) is 0. The van der Waals surface area contributed by atoms with E-state index in [1.54, 1.807) is 0 Å². The van der Waals surface area contributed by atoms with E-state index in [-0.39, 0.29) is 17.8 Å². The molecule has 3 heteroatoms. The fraction of sp³-hybridized carbons (Fsp3) is 0.889. The summed E-state index contributed by atoms with van der Waals surface area (Å²) in [5.74, 6) is -0.768. The van der Waals surface area contributed by atoms with Gasteiger partial charge in [0.1, 0.15) is 0 Å². The number of rotatable bonds is 11. The van der Waals surface area contributed by atoms with Gasteiger partial charge in [-0.15, -0.1) is 0 Å². The zero-order valence-electron chi connectivity index (χ0n) is 14.5. The summed E-state index contributed by atoms with van der Waals surface area (Å²) >= 11 is 0. The van der Waals surface area contributed by atoms with Gasteiger partial charge in [-0.05, 0) is 11.8 Å². The number of ether oxygens (including phenoxy) is 1. The Morgan fingerprint density at radius 2 is 1.24 bits per heavy atom. The van der Waals surface area contributed by atoms with E-state index in [2.05, 4.69) is 6.92 Å². The largest absolute Gasteiger partial charge is 0.393 e. The van der Waals surface area contributed by atoms with Crippen LogP contribution in [0.2, 0.25) is 0 Å². The molecule has 0 aromatic carbocycles. The first-order valence-corrected chi connectivity index (χ1v) is 8.58. The van der Waals surface area contributed by atoms with E-state index in [1.165, 1.54) is 44.9 Å². The van der Waals surface area contributed by atoms with Crippen molar-refractivity contribution in [1.82, 2.24) is 0 Å². The summed E-state index contributed by atoms with van der Waals surface area (Å²) in [5.41, 5.74) is -0.130. The number of hydrogen-bond acceptors (Lipinski definition) is 3. The highest BCUT2D eigenvalue weighted by Crippen LogP contribution is 2.19. The van der Waals surface area contributed by atoms with Gasteiger partial charge >= 0.3 is 11.9 Å². The monoisotopic (exact) mass is 298 g/mol. The van der Waals surface area contributed by atoms with E-state index in [9.17, 15) is 9.59 Å². The van der Waals surface area contributed by atoms with Gasteiger partial charge in [-0.25, -0.2) is 0 Å². The van der Waals surface area contributed by atoms with E-state index in [0.717, 1.165) is 12.8 Å². The minimum atomic E-state index is -0.400. The molecule has 0 aliphatic rings. The Balaban J connectivity index is 3.44. The van der Waals surface area contributed by atoms with Crippen LogP contribution in [-0.4, -0.2) is 11.9 Å². The Hall–Kier alpha value is -0.860. The minimum absolute atomic E-state index is 0.130. The van der Waals surface area contributed by atoms with Crippen molar-refractivity contribution in [3.05, 3.63) is 0 Å². The zero-order valence-corrected chi connectivity index (χ0v) is 14.5. The van der Waals surface area contributed by atoms with Gasteiger partial charge in [0.2, 0.25) is 0 Å².